The zero-order valence-corrected chi connectivity index (χ0v) is 8.02. The Hall–Kier alpha value is -1.84. The van der Waals surface area contributed by atoms with E-state index in [2.05, 4.69) is 5.10 Å². The van der Waals surface area contributed by atoms with E-state index in [4.69, 9.17) is 4.74 Å². The molecule has 0 radical (unpaired) electrons. The molecule has 2 aromatic rings. The molecule has 0 amide bonds. The highest BCUT2D eigenvalue weighted by Crippen LogP contribution is 2.24. The molecule has 0 saturated carbocycles. The van der Waals surface area contributed by atoms with E-state index in [9.17, 15) is 4.79 Å². The van der Waals surface area contributed by atoms with Gasteiger partial charge in [-0.2, -0.15) is 5.10 Å². The van der Waals surface area contributed by atoms with E-state index in [1.807, 2.05) is 18.2 Å². The van der Waals surface area contributed by atoms with E-state index < -0.39 is 0 Å². The van der Waals surface area contributed by atoms with Crippen LogP contribution < -0.4 is 4.74 Å². The Morgan fingerprint density at radius 2 is 2.29 bits per heavy atom. The van der Waals surface area contributed by atoms with E-state index in [1.54, 1.807) is 13.3 Å². The lowest BCUT2D eigenvalue weighted by Gasteiger charge is -2.01. The minimum Gasteiger partial charge on any atom is -0.496 e. The van der Waals surface area contributed by atoms with Crippen molar-refractivity contribution < 1.29 is 9.53 Å². The number of hydrogen-bond donors (Lipinski definition) is 0. The Morgan fingerprint density at radius 1 is 1.50 bits per heavy atom. The van der Waals surface area contributed by atoms with Gasteiger partial charge >= 0.3 is 0 Å². The van der Waals surface area contributed by atoms with Gasteiger partial charge in [0.15, 0.2) is 0 Å². The summed E-state index contributed by atoms with van der Waals surface area (Å²) in [7, 11) is 1.60. The van der Waals surface area contributed by atoms with Crippen molar-refractivity contribution in [2.45, 2.75) is 6.92 Å². The van der Waals surface area contributed by atoms with Gasteiger partial charge in [-0.15, -0.1) is 0 Å². The molecule has 0 atom stereocenters. The zero-order chi connectivity index (χ0) is 10.1. The Bertz CT molecular complexity index is 488. The lowest BCUT2D eigenvalue weighted by Crippen LogP contribution is -2.06. The van der Waals surface area contributed by atoms with E-state index in [0.717, 1.165) is 16.7 Å². The normalized spacial score (nSPS) is 10.4. The fraction of sp³-hybridized carbons (Fsp3) is 0.200. The number of rotatable bonds is 1. The molecule has 4 nitrogen and oxygen atoms in total. The smallest absolute Gasteiger partial charge is 0.244 e. The highest BCUT2D eigenvalue weighted by atomic mass is 16.5. The van der Waals surface area contributed by atoms with E-state index in [-0.39, 0.29) is 5.91 Å². The first-order valence-electron chi connectivity index (χ1n) is 4.25. The third kappa shape index (κ3) is 1.16. The van der Waals surface area contributed by atoms with Crippen LogP contribution in [0.4, 0.5) is 0 Å². The zero-order valence-electron chi connectivity index (χ0n) is 8.02. The molecule has 0 saturated heterocycles. The minimum atomic E-state index is -0.103. The molecule has 1 aromatic carbocycles. The molecule has 0 spiro atoms. The number of fused-ring (bicyclic) bond motifs is 1. The first-order chi connectivity index (χ1) is 6.74. The van der Waals surface area contributed by atoms with Crippen LogP contribution in [0, 0.1) is 0 Å². The SMILES string of the molecule is COc1cccc2c1cnn2C(C)=O. The Kier molecular flexibility index (Phi) is 1.96. The minimum absolute atomic E-state index is 0.103. The van der Waals surface area contributed by atoms with Gasteiger partial charge in [0.2, 0.25) is 5.91 Å². The molecule has 0 fully saturated rings. The summed E-state index contributed by atoms with van der Waals surface area (Å²) in [6.45, 7) is 1.48. The molecular weight excluding hydrogens is 180 g/mol. The second kappa shape index (κ2) is 3.14. The highest BCUT2D eigenvalue weighted by molar-refractivity contribution is 5.92. The third-order valence-electron chi connectivity index (χ3n) is 2.09. The van der Waals surface area contributed by atoms with Crippen molar-refractivity contribution in [2.24, 2.45) is 0 Å². The van der Waals surface area contributed by atoms with Crippen molar-refractivity contribution in [1.82, 2.24) is 9.78 Å². The van der Waals surface area contributed by atoms with Gasteiger partial charge in [0.25, 0.3) is 0 Å². The first-order valence-corrected chi connectivity index (χ1v) is 4.25. The van der Waals surface area contributed by atoms with E-state index in [1.165, 1.54) is 11.6 Å². The number of hydrogen-bond acceptors (Lipinski definition) is 3. The summed E-state index contributed by atoms with van der Waals surface area (Å²) in [6, 6.07) is 5.52. The number of benzene rings is 1. The average Bonchev–Trinajstić information content (AvgIpc) is 2.60. The topological polar surface area (TPSA) is 44.1 Å². The molecule has 0 unspecified atom stereocenters. The predicted molar refractivity (Wildman–Crippen MR) is 52.6 cm³/mol. The van der Waals surface area contributed by atoms with Gasteiger partial charge in [0.1, 0.15) is 5.75 Å². The van der Waals surface area contributed by atoms with Gasteiger partial charge in [-0.1, -0.05) is 6.07 Å². The molecule has 14 heavy (non-hydrogen) atoms. The molecule has 72 valence electrons. The molecular formula is C10H10N2O2. The Morgan fingerprint density at radius 3 is 2.93 bits per heavy atom. The molecule has 0 aliphatic carbocycles. The molecule has 1 aromatic heterocycles. The third-order valence-corrected chi connectivity index (χ3v) is 2.09. The fourth-order valence-corrected chi connectivity index (χ4v) is 1.45. The standard InChI is InChI=1S/C10H10N2O2/c1-7(13)12-9-4-3-5-10(14-2)8(9)6-11-12/h3-6H,1-2H3. The van der Waals surface area contributed by atoms with Crippen molar-refractivity contribution >= 4 is 16.8 Å². The summed E-state index contributed by atoms with van der Waals surface area (Å²) >= 11 is 0. The van der Waals surface area contributed by atoms with Crippen molar-refractivity contribution in [3.63, 3.8) is 0 Å². The molecule has 2 rings (SSSR count). The summed E-state index contributed by atoms with van der Waals surface area (Å²) in [6.07, 6.45) is 1.63. The molecule has 1 heterocycles. The highest BCUT2D eigenvalue weighted by Gasteiger charge is 2.08. The summed E-state index contributed by atoms with van der Waals surface area (Å²) in [5.74, 6) is 0.628. The molecule has 4 heteroatoms. The summed E-state index contributed by atoms with van der Waals surface area (Å²) < 4.78 is 6.51. The first kappa shape index (κ1) is 8.74. The van der Waals surface area contributed by atoms with Crippen LogP contribution in [0.25, 0.3) is 10.9 Å². The van der Waals surface area contributed by atoms with Crippen LogP contribution in [0.5, 0.6) is 5.75 Å². The maximum Gasteiger partial charge on any atom is 0.244 e. The monoisotopic (exact) mass is 190 g/mol. The van der Waals surface area contributed by atoms with E-state index >= 15 is 0 Å². The van der Waals surface area contributed by atoms with Gasteiger partial charge in [-0.25, -0.2) is 4.68 Å². The van der Waals surface area contributed by atoms with Gasteiger partial charge in [0, 0.05) is 6.92 Å². The molecule has 0 aliphatic heterocycles. The number of methoxy groups -OCH3 is 1. The van der Waals surface area contributed by atoms with Crippen LogP contribution in [-0.2, 0) is 0 Å². The average molecular weight is 190 g/mol. The van der Waals surface area contributed by atoms with Crippen molar-refractivity contribution in [2.75, 3.05) is 7.11 Å². The Balaban J connectivity index is 2.75. The number of aromatic nitrogens is 2. The van der Waals surface area contributed by atoms with Crippen LogP contribution >= 0.6 is 0 Å². The van der Waals surface area contributed by atoms with E-state index in [0.29, 0.717) is 0 Å². The van der Waals surface area contributed by atoms with Crippen molar-refractivity contribution in [3.8, 4) is 5.75 Å². The second-order valence-electron chi connectivity index (χ2n) is 2.97. The van der Waals surface area contributed by atoms with Crippen LogP contribution in [0.1, 0.15) is 11.7 Å². The number of carbonyl (C=O) groups excluding carboxylic acids is 1. The van der Waals surface area contributed by atoms with Crippen LogP contribution in [0.2, 0.25) is 0 Å². The maximum atomic E-state index is 11.2. The van der Waals surface area contributed by atoms with Gasteiger partial charge < -0.3 is 4.74 Å². The van der Waals surface area contributed by atoms with Gasteiger partial charge in [0.05, 0.1) is 24.2 Å². The van der Waals surface area contributed by atoms with Crippen molar-refractivity contribution in [1.29, 1.82) is 0 Å². The molecule has 0 N–H and O–H groups in total. The van der Waals surface area contributed by atoms with Gasteiger partial charge in [-0.3, -0.25) is 4.79 Å². The van der Waals surface area contributed by atoms with Crippen molar-refractivity contribution in [3.05, 3.63) is 24.4 Å². The van der Waals surface area contributed by atoms with Crippen LogP contribution in [-0.4, -0.2) is 22.8 Å². The molecule has 0 bridgehead atoms. The number of carbonyl (C=O) groups is 1. The lowest BCUT2D eigenvalue weighted by atomic mass is 10.2. The fourth-order valence-electron chi connectivity index (χ4n) is 1.45. The largest absolute Gasteiger partial charge is 0.496 e. The quantitative estimate of drug-likeness (QED) is 0.687. The maximum absolute atomic E-state index is 11.2. The number of nitrogens with zero attached hydrogens (tertiary/aromatic N) is 2. The van der Waals surface area contributed by atoms with Crippen LogP contribution in [0.15, 0.2) is 24.4 Å². The lowest BCUT2D eigenvalue weighted by molar-refractivity contribution is 0.0927. The Labute approximate surface area is 81.1 Å². The van der Waals surface area contributed by atoms with Gasteiger partial charge in [-0.05, 0) is 12.1 Å². The summed E-state index contributed by atoms with van der Waals surface area (Å²) in [4.78, 5) is 11.2. The second-order valence-corrected chi connectivity index (χ2v) is 2.97. The summed E-state index contributed by atoms with van der Waals surface area (Å²) in [5.41, 5.74) is 0.775. The van der Waals surface area contributed by atoms with Crippen LogP contribution in [0.3, 0.4) is 0 Å². The molecule has 0 aliphatic rings. The number of ether oxygens (including phenoxy) is 1. The summed E-state index contributed by atoms with van der Waals surface area (Å²) in [5, 5.41) is 4.84. The predicted octanol–water partition coefficient (Wildman–Crippen LogP) is 1.70.